The van der Waals surface area contributed by atoms with Gasteiger partial charge in [-0.05, 0) is 72.4 Å². The second-order valence-corrected chi connectivity index (χ2v) is 11.8. The van der Waals surface area contributed by atoms with Crippen LogP contribution in [0, 0.1) is 0 Å². The van der Waals surface area contributed by atoms with Crippen molar-refractivity contribution in [3.8, 4) is 22.3 Å². The van der Waals surface area contributed by atoms with Gasteiger partial charge in [0.1, 0.15) is 0 Å². The molecule has 0 saturated carbocycles. The summed E-state index contributed by atoms with van der Waals surface area (Å²) in [5, 5.41) is 0.889. The molecule has 1 heterocycles. The van der Waals surface area contributed by atoms with Crippen molar-refractivity contribution in [1.29, 1.82) is 0 Å². The molecule has 0 radical (unpaired) electrons. The molecule has 0 aliphatic carbocycles. The van der Waals surface area contributed by atoms with Gasteiger partial charge in [0.05, 0.1) is 17.4 Å². The Kier molecular flexibility index (Phi) is 6.77. The SMILES string of the molecule is COC(=O)CCc1ccccc1-c1cccc(-c2cc(C(C)(C)S(C)(=O)=O)cc3cccnc23)c1. The van der Waals surface area contributed by atoms with Gasteiger partial charge in [0, 0.05) is 29.8 Å². The summed E-state index contributed by atoms with van der Waals surface area (Å²) in [5.74, 6) is -0.239. The second kappa shape index (κ2) is 9.62. The molecule has 0 aliphatic heterocycles. The Morgan fingerprint density at radius 3 is 2.34 bits per heavy atom. The van der Waals surface area contributed by atoms with E-state index in [2.05, 4.69) is 11.1 Å². The van der Waals surface area contributed by atoms with Crippen molar-refractivity contribution in [3.05, 3.63) is 90.1 Å². The monoisotopic (exact) mass is 487 g/mol. The number of methoxy groups -OCH3 is 1. The smallest absolute Gasteiger partial charge is 0.305 e. The maximum atomic E-state index is 12.6. The average molecular weight is 488 g/mol. The van der Waals surface area contributed by atoms with Crippen LogP contribution < -0.4 is 0 Å². The van der Waals surface area contributed by atoms with Gasteiger partial charge in [-0.25, -0.2) is 8.42 Å². The average Bonchev–Trinajstić information content (AvgIpc) is 2.86. The van der Waals surface area contributed by atoms with Gasteiger partial charge in [-0.15, -0.1) is 0 Å². The predicted octanol–water partition coefficient (Wildman–Crippen LogP) is 5.95. The van der Waals surface area contributed by atoms with Crippen molar-refractivity contribution in [2.75, 3.05) is 13.4 Å². The summed E-state index contributed by atoms with van der Waals surface area (Å²) >= 11 is 0. The van der Waals surface area contributed by atoms with Crippen molar-refractivity contribution in [2.24, 2.45) is 0 Å². The lowest BCUT2D eigenvalue weighted by molar-refractivity contribution is -0.140. The number of ether oxygens (including phenoxy) is 1. The zero-order valence-corrected chi connectivity index (χ0v) is 21.2. The van der Waals surface area contributed by atoms with Crippen LogP contribution in [0.3, 0.4) is 0 Å². The number of hydrogen-bond donors (Lipinski definition) is 0. The molecular formula is C29H29NO4S. The summed E-state index contributed by atoms with van der Waals surface area (Å²) in [6.07, 6.45) is 3.91. The van der Waals surface area contributed by atoms with E-state index < -0.39 is 14.6 Å². The first-order valence-corrected chi connectivity index (χ1v) is 13.4. The van der Waals surface area contributed by atoms with Crippen molar-refractivity contribution in [1.82, 2.24) is 4.98 Å². The van der Waals surface area contributed by atoms with Crippen molar-refractivity contribution < 1.29 is 17.9 Å². The largest absolute Gasteiger partial charge is 0.469 e. The molecule has 0 fully saturated rings. The summed E-state index contributed by atoms with van der Waals surface area (Å²) in [4.78, 5) is 16.3. The molecular weight excluding hydrogens is 458 g/mol. The third-order valence-electron chi connectivity index (χ3n) is 6.66. The van der Waals surface area contributed by atoms with E-state index in [0.717, 1.165) is 44.3 Å². The first-order valence-electron chi connectivity index (χ1n) is 11.5. The molecule has 0 atom stereocenters. The summed E-state index contributed by atoms with van der Waals surface area (Å²) in [5.41, 5.74) is 6.48. The van der Waals surface area contributed by atoms with Crippen molar-refractivity contribution in [2.45, 2.75) is 31.4 Å². The Labute approximate surface area is 206 Å². The first kappa shape index (κ1) is 24.6. The third kappa shape index (κ3) is 4.98. The minimum Gasteiger partial charge on any atom is -0.469 e. The molecule has 0 amide bonds. The van der Waals surface area contributed by atoms with E-state index in [1.165, 1.54) is 13.4 Å². The van der Waals surface area contributed by atoms with Gasteiger partial charge in [0.2, 0.25) is 0 Å². The number of nitrogens with zero attached hydrogens (tertiary/aromatic N) is 1. The lowest BCUT2D eigenvalue weighted by Crippen LogP contribution is -2.28. The highest BCUT2D eigenvalue weighted by Gasteiger charge is 2.33. The molecule has 5 nitrogen and oxygen atoms in total. The van der Waals surface area contributed by atoms with E-state index in [4.69, 9.17) is 4.74 Å². The molecule has 0 aliphatic rings. The standard InChI is InChI=1S/C29H29NO4S/c1-29(2,35(4,32)33)24-18-23-12-8-16-30-28(23)26(19-24)22-11-7-10-21(17-22)25-13-6-5-9-20(25)14-15-27(31)34-3/h5-13,16-19H,14-15H2,1-4H3. The fourth-order valence-electron chi connectivity index (χ4n) is 4.19. The molecule has 0 N–H and O–H groups in total. The summed E-state index contributed by atoms with van der Waals surface area (Å²) in [7, 11) is -1.96. The zero-order chi connectivity index (χ0) is 25.2. The van der Waals surface area contributed by atoms with Crippen LogP contribution in [0.4, 0.5) is 0 Å². The van der Waals surface area contributed by atoms with E-state index in [1.54, 1.807) is 20.0 Å². The highest BCUT2D eigenvalue weighted by atomic mass is 32.2. The Balaban J connectivity index is 1.86. The van der Waals surface area contributed by atoms with E-state index >= 15 is 0 Å². The highest BCUT2D eigenvalue weighted by molar-refractivity contribution is 7.91. The zero-order valence-electron chi connectivity index (χ0n) is 20.4. The summed E-state index contributed by atoms with van der Waals surface area (Å²) in [6.45, 7) is 3.47. The molecule has 6 heteroatoms. The fraction of sp³-hybridized carbons (Fsp3) is 0.241. The number of pyridine rings is 1. The Morgan fingerprint density at radius 1 is 0.914 bits per heavy atom. The molecule has 4 aromatic rings. The third-order valence-corrected chi connectivity index (χ3v) is 8.74. The number of fused-ring (bicyclic) bond motifs is 1. The van der Waals surface area contributed by atoms with Crippen molar-refractivity contribution >= 4 is 26.7 Å². The summed E-state index contributed by atoms with van der Waals surface area (Å²) in [6, 6.07) is 23.8. The Bertz CT molecular complexity index is 1510. The number of rotatable bonds is 7. The summed E-state index contributed by atoms with van der Waals surface area (Å²) < 4.78 is 29.0. The first-order chi connectivity index (χ1) is 16.6. The number of benzene rings is 3. The quantitative estimate of drug-likeness (QED) is 0.301. The van der Waals surface area contributed by atoms with Crippen LogP contribution in [-0.2, 0) is 30.5 Å². The van der Waals surface area contributed by atoms with Gasteiger partial charge in [0.15, 0.2) is 9.84 Å². The Hall–Kier alpha value is -3.51. The lowest BCUT2D eigenvalue weighted by Gasteiger charge is -2.24. The number of aromatic nitrogens is 1. The van der Waals surface area contributed by atoms with Gasteiger partial charge in [-0.3, -0.25) is 9.78 Å². The number of esters is 1. The molecule has 0 unspecified atom stereocenters. The molecule has 0 spiro atoms. The topological polar surface area (TPSA) is 73.3 Å². The number of hydrogen-bond acceptors (Lipinski definition) is 5. The molecule has 3 aromatic carbocycles. The van der Waals surface area contributed by atoms with Crippen LogP contribution >= 0.6 is 0 Å². The number of carbonyl (C=O) groups excluding carboxylic acids is 1. The second-order valence-electron chi connectivity index (χ2n) is 9.20. The van der Waals surface area contributed by atoms with E-state index in [-0.39, 0.29) is 5.97 Å². The van der Waals surface area contributed by atoms with E-state index in [9.17, 15) is 13.2 Å². The molecule has 4 rings (SSSR count). The van der Waals surface area contributed by atoms with E-state index in [0.29, 0.717) is 12.8 Å². The van der Waals surface area contributed by atoms with Gasteiger partial charge in [-0.2, -0.15) is 0 Å². The normalized spacial score (nSPS) is 12.0. The minimum absolute atomic E-state index is 0.239. The van der Waals surface area contributed by atoms with Crippen LogP contribution in [0.5, 0.6) is 0 Å². The molecule has 0 bridgehead atoms. The maximum absolute atomic E-state index is 12.6. The lowest BCUT2D eigenvalue weighted by atomic mass is 9.91. The molecule has 1 aromatic heterocycles. The number of carbonyl (C=O) groups is 1. The highest BCUT2D eigenvalue weighted by Crippen LogP contribution is 2.37. The van der Waals surface area contributed by atoms with Crippen LogP contribution in [0.1, 0.15) is 31.4 Å². The predicted molar refractivity (Wildman–Crippen MR) is 141 cm³/mol. The van der Waals surface area contributed by atoms with Crippen LogP contribution in [0.15, 0.2) is 79.0 Å². The molecule has 0 saturated heterocycles. The van der Waals surface area contributed by atoms with Crippen molar-refractivity contribution in [3.63, 3.8) is 0 Å². The van der Waals surface area contributed by atoms with Gasteiger partial charge >= 0.3 is 5.97 Å². The number of sulfone groups is 1. The Morgan fingerprint density at radius 2 is 1.63 bits per heavy atom. The van der Waals surface area contributed by atoms with Gasteiger partial charge < -0.3 is 4.74 Å². The van der Waals surface area contributed by atoms with Gasteiger partial charge in [-0.1, -0.05) is 48.5 Å². The maximum Gasteiger partial charge on any atom is 0.305 e. The van der Waals surface area contributed by atoms with E-state index in [1.807, 2.05) is 66.7 Å². The molecule has 35 heavy (non-hydrogen) atoms. The van der Waals surface area contributed by atoms with Gasteiger partial charge in [0.25, 0.3) is 0 Å². The number of aryl methyl sites for hydroxylation is 1. The van der Waals surface area contributed by atoms with Crippen LogP contribution in [0.25, 0.3) is 33.2 Å². The molecule has 180 valence electrons. The minimum atomic E-state index is -3.35. The fourth-order valence-corrected chi connectivity index (χ4v) is 4.73. The van der Waals surface area contributed by atoms with Crippen LogP contribution in [-0.4, -0.2) is 32.7 Å². The van der Waals surface area contributed by atoms with Crippen LogP contribution in [0.2, 0.25) is 0 Å².